The first kappa shape index (κ1) is 19.7. The molecule has 1 saturated heterocycles. The van der Waals surface area contributed by atoms with Crippen LogP contribution in [0.1, 0.15) is 48.9 Å². The molecular formula is C21H25F3N4O2. The maximum absolute atomic E-state index is 12.7. The molecule has 1 spiro atoms. The third kappa shape index (κ3) is 4.00. The lowest BCUT2D eigenvalue weighted by Crippen LogP contribution is -2.48. The molecule has 1 aromatic carbocycles. The molecule has 4 aliphatic rings. The predicted octanol–water partition coefficient (Wildman–Crippen LogP) is 3.48. The molecule has 1 aromatic rings. The van der Waals surface area contributed by atoms with E-state index in [1.54, 1.807) is 24.3 Å². The quantitative estimate of drug-likeness (QED) is 0.761. The zero-order valence-corrected chi connectivity index (χ0v) is 16.6. The second-order valence-electron chi connectivity index (χ2n) is 9.11. The number of halogens is 3. The number of rotatable bonds is 5. The van der Waals surface area contributed by atoms with Crippen LogP contribution in [0.5, 0.6) is 0 Å². The number of hydrogen-bond donors (Lipinski definition) is 2. The molecule has 0 unspecified atom stereocenters. The average molecular weight is 422 g/mol. The van der Waals surface area contributed by atoms with Gasteiger partial charge in [-0.3, -0.25) is 4.79 Å². The third-order valence-corrected chi connectivity index (χ3v) is 6.82. The molecule has 30 heavy (non-hydrogen) atoms. The first-order chi connectivity index (χ1) is 14.3. The largest absolute Gasteiger partial charge is 0.453 e. The van der Waals surface area contributed by atoms with E-state index in [1.807, 2.05) is 0 Å². The van der Waals surface area contributed by atoms with Gasteiger partial charge in [-0.1, -0.05) is 5.59 Å². The lowest BCUT2D eigenvalue weighted by atomic mass is 9.93. The topological polar surface area (TPSA) is 56.8 Å². The summed E-state index contributed by atoms with van der Waals surface area (Å²) in [6.07, 6.45) is 3.55. The number of benzene rings is 1. The van der Waals surface area contributed by atoms with Crippen molar-refractivity contribution in [3.63, 3.8) is 0 Å². The molecule has 2 saturated carbocycles. The van der Waals surface area contributed by atoms with E-state index >= 15 is 0 Å². The van der Waals surface area contributed by atoms with Crippen LogP contribution in [0.15, 0.2) is 36.2 Å². The Hall–Kier alpha value is -2.26. The van der Waals surface area contributed by atoms with Crippen LogP contribution in [-0.4, -0.2) is 42.2 Å². The molecule has 9 heteroatoms. The number of anilines is 1. The van der Waals surface area contributed by atoms with Gasteiger partial charge in [-0.15, -0.1) is 0 Å². The highest BCUT2D eigenvalue weighted by atomic mass is 19.4. The molecule has 2 aliphatic heterocycles. The SMILES string of the molecule is O=C(NC1(CN2CCC3(CC2)CC3)CC1)c1ccc(N2C=C(C(F)(F)F)ON2)cc1. The van der Waals surface area contributed by atoms with Crippen molar-refractivity contribution in [2.24, 2.45) is 5.41 Å². The van der Waals surface area contributed by atoms with Crippen molar-refractivity contribution in [2.45, 2.75) is 50.2 Å². The maximum Gasteiger partial charge on any atom is 0.453 e. The molecule has 1 amide bonds. The molecule has 2 N–H and O–H groups in total. The number of hydrazine groups is 1. The minimum absolute atomic E-state index is 0.140. The summed E-state index contributed by atoms with van der Waals surface area (Å²) in [6.45, 7) is 3.13. The summed E-state index contributed by atoms with van der Waals surface area (Å²) >= 11 is 0. The molecule has 162 valence electrons. The van der Waals surface area contributed by atoms with Crippen molar-refractivity contribution in [1.29, 1.82) is 0 Å². The van der Waals surface area contributed by atoms with E-state index < -0.39 is 11.9 Å². The van der Waals surface area contributed by atoms with Gasteiger partial charge in [-0.05, 0) is 81.3 Å². The Balaban J connectivity index is 1.17. The van der Waals surface area contributed by atoms with E-state index in [-0.39, 0.29) is 11.4 Å². The smallest absolute Gasteiger partial charge is 0.382 e. The Kier molecular flexibility index (Phi) is 4.52. The zero-order chi connectivity index (χ0) is 21.0. The zero-order valence-electron chi connectivity index (χ0n) is 16.6. The Morgan fingerprint density at radius 1 is 1.07 bits per heavy atom. The minimum Gasteiger partial charge on any atom is -0.382 e. The fourth-order valence-corrected chi connectivity index (χ4v) is 4.38. The van der Waals surface area contributed by atoms with E-state index in [0.29, 0.717) is 16.7 Å². The lowest BCUT2D eigenvalue weighted by molar-refractivity contribution is -0.136. The molecular weight excluding hydrogens is 397 g/mol. The minimum atomic E-state index is -4.56. The lowest BCUT2D eigenvalue weighted by Gasteiger charge is -2.35. The number of allylic oxidation sites excluding steroid dienone is 1. The Bertz CT molecular complexity index is 850. The summed E-state index contributed by atoms with van der Waals surface area (Å²) < 4.78 is 38.0. The Morgan fingerprint density at radius 2 is 1.73 bits per heavy atom. The highest BCUT2D eigenvalue weighted by Gasteiger charge is 2.49. The van der Waals surface area contributed by atoms with Gasteiger partial charge in [0.25, 0.3) is 5.91 Å². The van der Waals surface area contributed by atoms with E-state index in [1.165, 1.54) is 25.7 Å². The maximum atomic E-state index is 12.7. The number of nitrogens with one attached hydrogen (secondary N) is 2. The summed E-state index contributed by atoms with van der Waals surface area (Å²) in [6, 6.07) is 6.39. The molecule has 0 radical (unpaired) electrons. The van der Waals surface area contributed by atoms with E-state index in [4.69, 9.17) is 0 Å². The number of hydrogen-bond acceptors (Lipinski definition) is 5. The number of carbonyl (C=O) groups excluding carboxylic acids is 1. The van der Waals surface area contributed by atoms with Crippen LogP contribution < -0.4 is 15.9 Å². The summed E-state index contributed by atoms with van der Waals surface area (Å²) in [5.41, 5.74) is 3.62. The Labute approximate surface area is 173 Å². The monoisotopic (exact) mass is 422 g/mol. The average Bonchev–Trinajstić information content (AvgIpc) is 3.59. The van der Waals surface area contributed by atoms with Crippen LogP contribution in [0.3, 0.4) is 0 Å². The van der Waals surface area contributed by atoms with Gasteiger partial charge in [0.2, 0.25) is 5.76 Å². The van der Waals surface area contributed by atoms with E-state index in [0.717, 1.165) is 43.7 Å². The molecule has 2 heterocycles. The van der Waals surface area contributed by atoms with Gasteiger partial charge in [-0.25, -0.2) is 5.01 Å². The van der Waals surface area contributed by atoms with Gasteiger partial charge >= 0.3 is 6.18 Å². The highest BCUT2D eigenvalue weighted by molar-refractivity contribution is 5.95. The van der Waals surface area contributed by atoms with E-state index in [2.05, 4.69) is 20.6 Å². The highest BCUT2D eigenvalue weighted by Crippen LogP contribution is 2.54. The normalized spacial score (nSPS) is 24.4. The molecule has 0 bridgehead atoms. The first-order valence-electron chi connectivity index (χ1n) is 10.4. The van der Waals surface area contributed by atoms with Crippen molar-refractivity contribution in [1.82, 2.24) is 15.8 Å². The molecule has 5 rings (SSSR count). The van der Waals surface area contributed by atoms with Gasteiger partial charge in [0.05, 0.1) is 17.4 Å². The summed E-state index contributed by atoms with van der Waals surface area (Å²) in [5, 5.41) is 4.31. The van der Waals surface area contributed by atoms with Crippen molar-refractivity contribution in [3.8, 4) is 0 Å². The second-order valence-corrected chi connectivity index (χ2v) is 9.11. The van der Waals surface area contributed by atoms with Gasteiger partial charge in [0.1, 0.15) is 0 Å². The number of likely N-dealkylation sites (tertiary alicyclic amines) is 1. The molecule has 2 aliphatic carbocycles. The van der Waals surface area contributed by atoms with Crippen molar-refractivity contribution < 1.29 is 22.8 Å². The van der Waals surface area contributed by atoms with Gasteiger partial charge < -0.3 is 15.1 Å². The number of amides is 1. The fourth-order valence-electron chi connectivity index (χ4n) is 4.38. The van der Waals surface area contributed by atoms with Gasteiger partial charge in [0, 0.05) is 12.1 Å². The van der Waals surface area contributed by atoms with Crippen LogP contribution in [-0.2, 0) is 4.84 Å². The van der Waals surface area contributed by atoms with Gasteiger partial charge in [-0.2, -0.15) is 13.2 Å². The fraction of sp³-hybridized carbons (Fsp3) is 0.571. The van der Waals surface area contributed by atoms with Gasteiger partial charge in [0.15, 0.2) is 0 Å². The van der Waals surface area contributed by atoms with Crippen LogP contribution in [0.25, 0.3) is 0 Å². The Morgan fingerprint density at radius 3 is 2.27 bits per heavy atom. The standard InChI is InChI=1S/C21H25F3N4O2/c22-21(23,24)17-13-28(26-30-17)16-3-1-15(2-4-16)18(29)25-20(7-8-20)14-27-11-9-19(5-6-19)10-12-27/h1-4,13,26H,5-12,14H2,(H,25,29). The summed E-state index contributed by atoms with van der Waals surface area (Å²) in [7, 11) is 0. The summed E-state index contributed by atoms with van der Waals surface area (Å²) in [4.78, 5) is 19.7. The van der Waals surface area contributed by atoms with Crippen LogP contribution in [0.2, 0.25) is 0 Å². The number of nitrogens with zero attached hydrogens (tertiary/aromatic N) is 2. The summed E-state index contributed by atoms with van der Waals surface area (Å²) in [5.74, 6) is -1.27. The van der Waals surface area contributed by atoms with Crippen molar-refractivity contribution in [3.05, 3.63) is 41.8 Å². The van der Waals surface area contributed by atoms with E-state index in [9.17, 15) is 18.0 Å². The van der Waals surface area contributed by atoms with Crippen LogP contribution in [0, 0.1) is 5.41 Å². The van der Waals surface area contributed by atoms with Crippen LogP contribution >= 0.6 is 0 Å². The second kappa shape index (κ2) is 6.88. The molecule has 0 aromatic heterocycles. The number of carbonyl (C=O) groups is 1. The first-order valence-corrected chi connectivity index (χ1v) is 10.4. The third-order valence-electron chi connectivity index (χ3n) is 6.82. The van der Waals surface area contributed by atoms with Crippen molar-refractivity contribution >= 4 is 11.6 Å². The van der Waals surface area contributed by atoms with Crippen molar-refractivity contribution in [2.75, 3.05) is 24.6 Å². The predicted molar refractivity (Wildman–Crippen MR) is 104 cm³/mol. The number of alkyl halides is 3. The molecule has 6 nitrogen and oxygen atoms in total. The molecule has 3 fully saturated rings. The van der Waals surface area contributed by atoms with Crippen LogP contribution in [0.4, 0.5) is 18.9 Å². The number of piperidine rings is 1. The molecule has 0 atom stereocenters.